The van der Waals surface area contributed by atoms with Gasteiger partial charge in [-0.05, 0) is 40.7 Å². The maximum Gasteiger partial charge on any atom is 0.445 e. The van der Waals surface area contributed by atoms with E-state index in [1.807, 2.05) is 41.0 Å². The highest BCUT2D eigenvalue weighted by Gasteiger charge is 2.19. The summed E-state index contributed by atoms with van der Waals surface area (Å²) in [5.74, 6) is 6.02. The molecule has 0 saturated carbocycles. The van der Waals surface area contributed by atoms with Crippen LogP contribution in [0, 0.1) is 20.2 Å². The molecule has 0 radical (unpaired) electrons. The summed E-state index contributed by atoms with van der Waals surface area (Å²) in [4.78, 5) is 58.7. The largest absolute Gasteiger partial charge is 0.459 e. The molecule has 4 rings (SSSR count). The normalized spacial score (nSPS) is 11.1. The van der Waals surface area contributed by atoms with Gasteiger partial charge in [0.05, 0.1) is 12.3 Å². The SMILES string of the molecule is CCCCc1nc(Cl)c(COC(=O)CCCO[N+](=O)[O-])n1Cc1ccc(-c2ccccc2/C(N)=N/N(N)C(=O)OCc2ccc(CO[N+](=O)[O-])cc2)cc1. The molecule has 1 heterocycles. The summed E-state index contributed by atoms with van der Waals surface area (Å²) in [6.45, 7) is 1.77. The lowest BCUT2D eigenvalue weighted by atomic mass is 9.98. The van der Waals surface area contributed by atoms with E-state index in [4.69, 9.17) is 32.7 Å². The minimum absolute atomic E-state index is 0.0395. The van der Waals surface area contributed by atoms with Crippen molar-refractivity contribution in [3.05, 3.63) is 132 Å². The third kappa shape index (κ3) is 12.2. The van der Waals surface area contributed by atoms with Crippen LogP contribution in [0.2, 0.25) is 5.15 Å². The van der Waals surface area contributed by atoms with Crippen molar-refractivity contribution in [3.8, 4) is 11.1 Å². The molecule has 0 saturated heterocycles. The van der Waals surface area contributed by atoms with E-state index in [1.165, 1.54) is 0 Å². The van der Waals surface area contributed by atoms with Crippen molar-refractivity contribution < 1.29 is 38.9 Å². The van der Waals surface area contributed by atoms with E-state index in [0.29, 0.717) is 40.5 Å². The number of rotatable bonds is 20. The van der Waals surface area contributed by atoms with Crippen LogP contribution in [0.5, 0.6) is 0 Å². The molecule has 0 fully saturated rings. The Labute approximate surface area is 314 Å². The summed E-state index contributed by atoms with van der Waals surface area (Å²) in [6, 6.07) is 21.3. The highest BCUT2D eigenvalue weighted by atomic mass is 35.5. The lowest BCUT2D eigenvalue weighted by molar-refractivity contribution is -0.763. The smallest absolute Gasteiger partial charge is 0.445 e. The van der Waals surface area contributed by atoms with Crippen molar-refractivity contribution in [1.29, 1.82) is 0 Å². The van der Waals surface area contributed by atoms with Gasteiger partial charge >= 0.3 is 12.1 Å². The molecule has 18 nitrogen and oxygen atoms in total. The Kier molecular flexibility index (Phi) is 15.1. The summed E-state index contributed by atoms with van der Waals surface area (Å²) in [5, 5.41) is 23.7. The van der Waals surface area contributed by atoms with E-state index >= 15 is 0 Å². The molecule has 0 spiro atoms. The zero-order chi connectivity index (χ0) is 39.0. The number of unbranched alkanes of at least 4 members (excludes halogenated alkanes) is 1. The van der Waals surface area contributed by atoms with Crippen LogP contribution in [-0.2, 0) is 56.7 Å². The number of esters is 1. The fourth-order valence-corrected chi connectivity index (χ4v) is 5.40. The number of hydrazone groups is 1. The number of halogens is 1. The Morgan fingerprint density at radius 3 is 2.20 bits per heavy atom. The molecule has 0 aliphatic heterocycles. The Bertz CT molecular complexity index is 1940. The Morgan fingerprint density at radius 2 is 1.54 bits per heavy atom. The first-order valence-corrected chi connectivity index (χ1v) is 17.1. The van der Waals surface area contributed by atoms with Gasteiger partial charge in [-0.3, -0.25) is 4.79 Å². The number of hydrogen-bond donors (Lipinski definition) is 2. The van der Waals surface area contributed by atoms with Gasteiger partial charge in [0.2, 0.25) is 0 Å². The van der Waals surface area contributed by atoms with Gasteiger partial charge in [-0.25, -0.2) is 15.6 Å². The van der Waals surface area contributed by atoms with Crippen LogP contribution >= 0.6 is 11.6 Å². The molecule has 0 aliphatic rings. The highest BCUT2D eigenvalue weighted by Crippen LogP contribution is 2.26. The molecule has 0 atom stereocenters. The number of nitrogens with zero attached hydrogens (tertiary/aromatic N) is 6. The third-order valence-electron chi connectivity index (χ3n) is 7.88. The predicted octanol–water partition coefficient (Wildman–Crippen LogP) is 5.47. The lowest BCUT2D eigenvalue weighted by Crippen LogP contribution is -2.35. The van der Waals surface area contributed by atoms with Crippen molar-refractivity contribution in [3.63, 3.8) is 0 Å². The standard InChI is InChI=1S/C35H39ClN8O10/c1-2-3-9-31-39-33(36)30(23-51-32(45)10-6-19-53-43(47)48)41(31)20-24-15-17-27(18-16-24)28-7-4-5-8-29(28)34(37)40-42(38)35(46)52-21-25-11-13-26(14-12-25)22-54-44(49)50/h4-5,7-8,11-18H,2-3,6,9-10,19-23,38H2,1H3,(H2,37,40). The Balaban J connectivity index is 1.43. The molecular weight excluding hydrogens is 728 g/mol. The number of hydrogen-bond acceptors (Lipinski definition) is 13. The number of amidine groups is 1. The first-order chi connectivity index (χ1) is 25.9. The van der Waals surface area contributed by atoms with Crippen LogP contribution in [0.25, 0.3) is 11.1 Å². The second-order valence-corrected chi connectivity index (χ2v) is 12.1. The predicted molar refractivity (Wildman–Crippen MR) is 194 cm³/mol. The van der Waals surface area contributed by atoms with Gasteiger partial charge in [-0.1, -0.05) is 97.7 Å². The number of nitrogens with two attached hydrogens (primary N) is 2. The van der Waals surface area contributed by atoms with Gasteiger partial charge in [-0.2, -0.15) is 0 Å². The van der Waals surface area contributed by atoms with E-state index in [-0.39, 0.29) is 50.3 Å². The molecule has 0 bridgehead atoms. The van der Waals surface area contributed by atoms with Crippen molar-refractivity contribution in [1.82, 2.24) is 14.7 Å². The minimum Gasteiger partial charge on any atom is -0.459 e. The number of aryl methyl sites for hydroxylation is 1. The van der Waals surface area contributed by atoms with Gasteiger partial charge in [0.15, 0.2) is 11.0 Å². The van der Waals surface area contributed by atoms with Crippen molar-refractivity contribution in [2.45, 2.75) is 65.4 Å². The number of aromatic nitrogens is 2. The molecule has 3 aromatic carbocycles. The van der Waals surface area contributed by atoms with Crippen LogP contribution in [0.1, 0.15) is 66.4 Å². The van der Waals surface area contributed by atoms with Gasteiger partial charge in [0.25, 0.3) is 10.2 Å². The van der Waals surface area contributed by atoms with Crippen LogP contribution in [-0.4, -0.2) is 49.3 Å². The summed E-state index contributed by atoms with van der Waals surface area (Å²) in [7, 11) is 0. The van der Waals surface area contributed by atoms with Crippen molar-refractivity contribution in [2.75, 3.05) is 6.61 Å². The lowest BCUT2D eigenvalue weighted by Gasteiger charge is -2.15. The van der Waals surface area contributed by atoms with Gasteiger partial charge in [0, 0.05) is 24.9 Å². The van der Waals surface area contributed by atoms with E-state index in [9.17, 15) is 29.8 Å². The molecule has 54 heavy (non-hydrogen) atoms. The van der Waals surface area contributed by atoms with E-state index < -0.39 is 22.2 Å². The number of carbonyl (C=O) groups is 2. The number of imidazole rings is 1. The van der Waals surface area contributed by atoms with Crippen LogP contribution in [0.15, 0.2) is 77.9 Å². The Hall–Kier alpha value is -6.27. The number of hydrazine groups is 1. The van der Waals surface area contributed by atoms with Gasteiger partial charge in [0.1, 0.15) is 25.6 Å². The maximum absolute atomic E-state index is 12.6. The molecule has 4 aromatic rings. The summed E-state index contributed by atoms with van der Waals surface area (Å²) < 4.78 is 12.6. The molecule has 0 unspecified atom stereocenters. The Morgan fingerprint density at radius 1 is 0.889 bits per heavy atom. The average Bonchev–Trinajstić information content (AvgIpc) is 3.45. The molecular formula is C35H39ClN8O10. The second-order valence-electron chi connectivity index (χ2n) is 11.7. The number of amides is 1. The number of benzene rings is 3. The number of carbonyl (C=O) groups excluding carboxylic acids is 2. The first-order valence-electron chi connectivity index (χ1n) is 16.7. The molecule has 4 N–H and O–H groups in total. The second kappa shape index (κ2) is 20.1. The molecule has 0 aliphatic carbocycles. The van der Waals surface area contributed by atoms with Crippen LogP contribution < -0.4 is 11.6 Å². The average molecular weight is 767 g/mol. The number of ether oxygens (including phenoxy) is 2. The van der Waals surface area contributed by atoms with Crippen LogP contribution in [0.3, 0.4) is 0 Å². The van der Waals surface area contributed by atoms with Crippen LogP contribution in [0.4, 0.5) is 4.79 Å². The molecule has 286 valence electrons. The topological polar surface area (TPSA) is 243 Å². The minimum atomic E-state index is -0.963. The zero-order valence-corrected chi connectivity index (χ0v) is 30.1. The summed E-state index contributed by atoms with van der Waals surface area (Å²) >= 11 is 6.51. The monoisotopic (exact) mass is 766 g/mol. The maximum atomic E-state index is 12.6. The highest BCUT2D eigenvalue weighted by molar-refractivity contribution is 6.30. The fraction of sp³-hybridized carbons (Fsp3) is 0.314. The van der Waals surface area contributed by atoms with E-state index in [1.54, 1.807) is 36.4 Å². The van der Waals surface area contributed by atoms with E-state index in [2.05, 4.69) is 26.7 Å². The third-order valence-corrected chi connectivity index (χ3v) is 8.18. The quantitative estimate of drug-likeness (QED) is 0.0166. The van der Waals surface area contributed by atoms with Gasteiger partial charge < -0.3 is 29.4 Å². The molecule has 1 aromatic heterocycles. The van der Waals surface area contributed by atoms with E-state index in [0.717, 1.165) is 35.4 Å². The molecule has 19 heteroatoms. The van der Waals surface area contributed by atoms with Crippen molar-refractivity contribution in [2.24, 2.45) is 16.7 Å². The zero-order valence-electron chi connectivity index (χ0n) is 29.3. The van der Waals surface area contributed by atoms with Gasteiger partial charge in [-0.15, -0.1) is 30.4 Å². The summed E-state index contributed by atoms with van der Waals surface area (Å²) in [5.41, 5.74) is 11.0. The molecule has 1 amide bonds. The first kappa shape index (κ1) is 40.5. The van der Waals surface area contributed by atoms with Crippen molar-refractivity contribution >= 4 is 29.5 Å². The fourth-order valence-electron chi connectivity index (χ4n) is 5.14. The summed E-state index contributed by atoms with van der Waals surface area (Å²) in [6.07, 6.45) is 1.58.